The first-order chi connectivity index (χ1) is 9.70. The summed E-state index contributed by atoms with van der Waals surface area (Å²) in [6.45, 7) is 5.63. The highest BCUT2D eigenvalue weighted by Gasteiger charge is 2.17. The summed E-state index contributed by atoms with van der Waals surface area (Å²) in [5.74, 6) is -0.283. The van der Waals surface area contributed by atoms with Crippen molar-refractivity contribution in [3.8, 4) is 0 Å². The highest BCUT2D eigenvalue weighted by molar-refractivity contribution is 7.14. The molecule has 112 valence electrons. The van der Waals surface area contributed by atoms with E-state index in [1.165, 1.54) is 24.2 Å². The summed E-state index contributed by atoms with van der Waals surface area (Å²) in [6.07, 6.45) is 3.60. The SMILES string of the molecule is CCCOC(=O)c1ccc(C(O)CCN2CCCC2)s1. The number of carbonyl (C=O) groups is 1. The van der Waals surface area contributed by atoms with Crippen LogP contribution in [0.15, 0.2) is 12.1 Å². The first kappa shape index (κ1) is 15.5. The van der Waals surface area contributed by atoms with Crippen LogP contribution in [0, 0.1) is 0 Å². The summed E-state index contributed by atoms with van der Waals surface area (Å²) in [6, 6.07) is 3.58. The predicted molar refractivity (Wildman–Crippen MR) is 80.1 cm³/mol. The number of hydrogen-bond donors (Lipinski definition) is 1. The van der Waals surface area contributed by atoms with Crippen molar-refractivity contribution in [1.29, 1.82) is 0 Å². The molecule has 4 nitrogen and oxygen atoms in total. The van der Waals surface area contributed by atoms with Gasteiger partial charge >= 0.3 is 5.97 Å². The summed E-state index contributed by atoms with van der Waals surface area (Å²) in [5, 5.41) is 10.2. The first-order valence-electron chi connectivity index (χ1n) is 7.38. The van der Waals surface area contributed by atoms with Crippen LogP contribution in [0.25, 0.3) is 0 Å². The van der Waals surface area contributed by atoms with Crippen molar-refractivity contribution in [2.75, 3.05) is 26.2 Å². The monoisotopic (exact) mass is 297 g/mol. The third-order valence-electron chi connectivity index (χ3n) is 3.51. The summed E-state index contributed by atoms with van der Waals surface area (Å²) in [4.78, 5) is 15.5. The summed E-state index contributed by atoms with van der Waals surface area (Å²) in [7, 11) is 0. The van der Waals surface area contributed by atoms with Crippen molar-refractivity contribution >= 4 is 17.3 Å². The van der Waals surface area contributed by atoms with Gasteiger partial charge in [-0.2, -0.15) is 0 Å². The van der Waals surface area contributed by atoms with Crippen LogP contribution in [0.2, 0.25) is 0 Å². The second kappa shape index (κ2) is 7.76. The molecule has 1 unspecified atom stereocenters. The Kier molecular flexibility index (Phi) is 6.01. The Morgan fingerprint density at radius 1 is 1.45 bits per heavy atom. The van der Waals surface area contributed by atoms with E-state index in [1.54, 1.807) is 6.07 Å². The quantitative estimate of drug-likeness (QED) is 0.786. The van der Waals surface area contributed by atoms with Crippen molar-refractivity contribution < 1.29 is 14.6 Å². The van der Waals surface area contributed by atoms with Crippen LogP contribution in [0.5, 0.6) is 0 Å². The second-order valence-corrected chi connectivity index (χ2v) is 6.31. The maximum atomic E-state index is 11.7. The van der Waals surface area contributed by atoms with Gasteiger partial charge in [0.2, 0.25) is 0 Å². The van der Waals surface area contributed by atoms with Gasteiger partial charge in [0.15, 0.2) is 0 Å². The molecular formula is C15H23NO3S. The normalized spacial score (nSPS) is 17.3. The van der Waals surface area contributed by atoms with Crippen LogP contribution in [0.1, 0.15) is 53.3 Å². The van der Waals surface area contributed by atoms with Crippen LogP contribution in [0.4, 0.5) is 0 Å². The van der Waals surface area contributed by atoms with Gasteiger partial charge in [-0.15, -0.1) is 11.3 Å². The van der Waals surface area contributed by atoms with Crippen molar-refractivity contribution in [2.45, 2.75) is 38.7 Å². The standard InChI is InChI=1S/C15H23NO3S/c1-2-11-19-15(18)14-6-5-13(20-14)12(17)7-10-16-8-3-4-9-16/h5-6,12,17H,2-4,7-11H2,1H3. The Bertz CT molecular complexity index is 427. The molecule has 2 rings (SSSR count). The molecule has 2 heterocycles. The van der Waals surface area contributed by atoms with Gasteiger partial charge in [-0.25, -0.2) is 4.79 Å². The van der Waals surface area contributed by atoms with Crippen molar-refractivity contribution in [3.63, 3.8) is 0 Å². The number of nitrogens with zero attached hydrogens (tertiary/aromatic N) is 1. The van der Waals surface area contributed by atoms with Gasteiger partial charge in [0, 0.05) is 11.4 Å². The number of aliphatic hydroxyl groups is 1. The molecule has 1 aliphatic heterocycles. The molecule has 1 atom stereocenters. The molecular weight excluding hydrogens is 274 g/mol. The van der Waals surface area contributed by atoms with E-state index in [-0.39, 0.29) is 5.97 Å². The van der Waals surface area contributed by atoms with Gasteiger partial charge < -0.3 is 14.7 Å². The van der Waals surface area contributed by atoms with E-state index >= 15 is 0 Å². The second-order valence-electron chi connectivity index (χ2n) is 5.19. The van der Waals surface area contributed by atoms with Gasteiger partial charge in [-0.1, -0.05) is 6.92 Å². The average Bonchev–Trinajstić information content (AvgIpc) is 3.12. The summed E-state index contributed by atoms with van der Waals surface area (Å²) in [5.41, 5.74) is 0. The molecule has 1 N–H and O–H groups in total. The van der Waals surface area contributed by atoms with E-state index in [0.29, 0.717) is 11.5 Å². The Morgan fingerprint density at radius 2 is 2.20 bits per heavy atom. The van der Waals surface area contributed by atoms with Crippen LogP contribution in [0.3, 0.4) is 0 Å². The zero-order valence-corrected chi connectivity index (χ0v) is 12.8. The molecule has 0 radical (unpaired) electrons. The number of hydrogen-bond acceptors (Lipinski definition) is 5. The fourth-order valence-electron chi connectivity index (χ4n) is 2.36. The van der Waals surface area contributed by atoms with E-state index in [0.717, 1.165) is 37.4 Å². The summed E-state index contributed by atoms with van der Waals surface area (Å²) < 4.78 is 5.09. The minimum Gasteiger partial charge on any atom is -0.462 e. The lowest BCUT2D eigenvalue weighted by Gasteiger charge is -2.16. The minimum absolute atomic E-state index is 0.283. The van der Waals surface area contributed by atoms with Crippen molar-refractivity contribution in [1.82, 2.24) is 4.90 Å². The number of esters is 1. The largest absolute Gasteiger partial charge is 0.462 e. The third kappa shape index (κ3) is 4.30. The molecule has 1 saturated heterocycles. The molecule has 1 aromatic rings. The molecule has 0 spiro atoms. The number of thiophene rings is 1. The molecule has 0 saturated carbocycles. The van der Waals surface area contributed by atoms with E-state index < -0.39 is 6.10 Å². The highest BCUT2D eigenvalue weighted by Crippen LogP contribution is 2.26. The van der Waals surface area contributed by atoms with Gasteiger partial charge in [0.25, 0.3) is 0 Å². The minimum atomic E-state index is -0.478. The molecule has 5 heteroatoms. The number of rotatable bonds is 7. The fraction of sp³-hybridized carbons (Fsp3) is 0.667. The zero-order chi connectivity index (χ0) is 14.4. The predicted octanol–water partition coefficient (Wildman–Crippen LogP) is 2.83. The topological polar surface area (TPSA) is 49.8 Å². The summed E-state index contributed by atoms with van der Waals surface area (Å²) >= 11 is 1.34. The molecule has 1 fully saturated rings. The van der Waals surface area contributed by atoms with Crippen molar-refractivity contribution in [3.05, 3.63) is 21.9 Å². The lowest BCUT2D eigenvalue weighted by molar-refractivity contribution is 0.0511. The molecule has 20 heavy (non-hydrogen) atoms. The van der Waals surface area contributed by atoms with Gasteiger partial charge in [0.05, 0.1) is 12.7 Å². The molecule has 0 aliphatic carbocycles. The Morgan fingerprint density at radius 3 is 2.90 bits per heavy atom. The number of likely N-dealkylation sites (tertiary alicyclic amines) is 1. The van der Waals surface area contributed by atoms with Gasteiger partial charge in [-0.3, -0.25) is 0 Å². The number of aliphatic hydroxyl groups excluding tert-OH is 1. The van der Waals surface area contributed by atoms with Crippen LogP contribution >= 0.6 is 11.3 Å². The maximum Gasteiger partial charge on any atom is 0.348 e. The van der Waals surface area contributed by atoms with Crippen LogP contribution in [-0.2, 0) is 4.74 Å². The smallest absolute Gasteiger partial charge is 0.348 e. The van der Waals surface area contributed by atoms with Crippen molar-refractivity contribution in [2.24, 2.45) is 0 Å². The lowest BCUT2D eigenvalue weighted by Crippen LogP contribution is -2.21. The van der Waals surface area contributed by atoms with Gasteiger partial charge in [-0.05, 0) is 50.9 Å². The van der Waals surface area contributed by atoms with E-state index in [2.05, 4.69) is 4.90 Å². The van der Waals surface area contributed by atoms with Crippen LogP contribution < -0.4 is 0 Å². The Balaban J connectivity index is 1.82. The molecule has 0 amide bonds. The van der Waals surface area contributed by atoms with E-state index in [9.17, 15) is 9.90 Å². The molecule has 0 aromatic carbocycles. The molecule has 1 aromatic heterocycles. The number of carbonyl (C=O) groups excluding carboxylic acids is 1. The van der Waals surface area contributed by atoms with E-state index in [1.807, 2.05) is 13.0 Å². The lowest BCUT2D eigenvalue weighted by atomic mass is 10.2. The third-order valence-corrected chi connectivity index (χ3v) is 4.68. The first-order valence-corrected chi connectivity index (χ1v) is 8.19. The molecule has 1 aliphatic rings. The Hall–Kier alpha value is -0.910. The number of ether oxygens (including phenoxy) is 1. The average molecular weight is 297 g/mol. The highest BCUT2D eigenvalue weighted by atomic mass is 32.1. The zero-order valence-electron chi connectivity index (χ0n) is 12.0. The van der Waals surface area contributed by atoms with E-state index in [4.69, 9.17) is 4.74 Å². The maximum absolute atomic E-state index is 11.7. The van der Waals surface area contributed by atoms with Crippen LogP contribution in [-0.4, -0.2) is 42.2 Å². The van der Waals surface area contributed by atoms with Gasteiger partial charge in [0.1, 0.15) is 4.88 Å². The molecule has 0 bridgehead atoms. The fourth-order valence-corrected chi connectivity index (χ4v) is 3.28. The Labute approximate surface area is 124 Å².